The zero-order chi connectivity index (χ0) is 17.6. The van der Waals surface area contributed by atoms with Gasteiger partial charge in [-0.2, -0.15) is 5.10 Å². The molecule has 3 rings (SSSR count). The third-order valence-electron chi connectivity index (χ3n) is 3.87. The van der Waals surface area contributed by atoms with Crippen LogP contribution in [-0.4, -0.2) is 29.1 Å². The van der Waals surface area contributed by atoms with Crippen LogP contribution in [0.4, 0.5) is 10.1 Å². The molecule has 1 heterocycles. The molecule has 2 aromatic rings. The maximum Gasteiger partial charge on any atom is 0.243 e. The van der Waals surface area contributed by atoms with Crippen LogP contribution in [-0.2, 0) is 9.59 Å². The van der Waals surface area contributed by atoms with Gasteiger partial charge in [0.1, 0.15) is 5.82 Å². The number of carbonyl (C=O) groups excluding carboxylic acids is 2. The number of hydrogen-bond acceptors (Lipinski definition) is 3. The lowest BCUT2D eigenvalue weighted by atomic mass is 10.1. The van der Waals surface area contributed by atoms with Crippen LogP contribution >= 0.6 is 0 Å². The summed E-state index contributed by atoms with van der Waals surface area (Å²) in [7, 11) is 0. The van der Waals surface area contributed by atoms with E-state index < -0.39 is 5.82 Å². The summed E-state index contributed by atoms with van der Waals surface area (Å²) in [5, 5.41) is 8.34. The van der Waals surface area contributed by atoms with Crippen molar-refractivity contribution in [2.45, 2.75) is 19.3 Å². The first-order valence-electron chi connectivity index (χ1n) is 8.10. The van der Waals surface area contributed by atoms with E-state index in [1.54, 1.807) is 6.07 Å². The molecule has 0 radical (unpaired) electrons. The molecule has 128 valence electrons. The molecule has 0 atom stereocenters. The van der Waals surface area contributed by atoms with Gasteiger partial charge in [-0.3, -0.25) is 9.59 Å². The van der Waals surface area contributed by atoms with Gasteiger partial charge in [0.05, 0.1) is 12.3 Å². The molecule has 0 saturated heterocycles. The quantitative estimate of drug-likeness (QED) is 0.909. The molecule has 0 spiro atoms. The molecule has 0 aromatic heterocycles. The monoisotopic (exact) mass is 339 g/mol. The summed E-state index contributed by atoms with van der Waals surface area (Å²) >= 11 is 0. The fraction of sp³-hybridized carbons (Fsp3) is 0.211. The number of amides is 2. The predicted molar refractivity (Wildman–Crippen MR) is 93.6 cm³/mol. The van der Waals surface area contributed by atoms with Gasteiger partial charge in [-0.25, -0.2) is 9.40 Å². The molecule has 2 amide bonds. The Balaban J connectivity index is 1.51. The van der Waals surface area contributed by atoms with Crippen LogP contribution < -0.4 is 5.32 Å². The smallest absolute Gasteiger partial charge is 0.243 e. The Bertz CT molecular complexity index is 805. The van der Waals surface area contributed by atoms with Crippen LogP contribution in [0.1, 0.15) is 24.8 Å². The first-order chi connectivity index (χ1) is 12.1. The standard InChI is InChI=1S/C19H18FN3O2/c20-15-7-4-8-16(13-15)21-18(24)9-10-19(25)23-12-11-17(22-23)14-5-2-1-3-6-14/h1-8,13H,9-12H2,(H,21,24). The van der Waals surface area contributed by atoms with Gasteiger partial charge in [-0.1, -0.05) is 36.4 Å². The van der Waals surface area contributed by atoms with Gasteiger partial charge in [-0.15, -0.1) is 0 Å². The highest BCUT2D eigenvalue weighted by Gasteiger charge is 2.21. The van der Waals surface area contributed by atoms with Crippen LogP contribution in [0.15, 0.2) is 59.7 Å². The molecule has 6 heteroatoms. The van der Waals surface area contributed by atoms with Gasteiger partial charge < -0.3 is 5.32 Å². The van der Waals surface area contributed by atoms with Gasteiger partial charge in [-0.05, 0) is 23.8 Å². The van der Waals surface area contributed by atoms with Crippen molar-refractivity contribution in [2.75, 3.05) is 11.9 Å². The van der Waals surface area contributed by atoms with E-state index >= 15 is 0 Å². The lowest BCUT2D eigenvalue weighted by Crippen LogP contribution is -2.25. The van der Waals surface area contributed by atoms with E-state index in [1.807, 2.05) is 30.3 Å². The molecule has 1 aliphatic heterocycles. The van der Waals surface area contributed by atoms with Crippen molar-refractivity contribution in [3.05, 3.63) is 66.0 Å². The molecule has 0 aliphatic carbocycles. The Kier molecular flexibility index (Phi) is 5.18. The van der Waals surface area contributed by atoms with Gasteiger partial charge in [0, 0.05) is 24.9 Å². The number of carbonyl (C=O) groups is 2. The summed E-state index contributed by atoms with van der Waals surface area (Å²) < 4.78 is 13.1. The largest absolute Gasteiger partial charge is 0.326 e. The van der Waals surface area contributed by atoms with Crippen molar-refractivity contribution in [1.82, 2.24) is 5.01 Å². The Labute approximate surface area is 145 Å². The number of benzene rings is 2. The van der Waals surface area contributed by atoms with Gasteiger partial charge in [0.15, 0.2) is 0 Å². The molecule has 0 fully saturated rings. The van der Waals surface area contributed by atoms with Crippen LogP contribution in [0.3, 0.4) is 0 Å². The van der Waals surface area contributed by atoms with E-state index in [1.165, 1.54) is 23.2 Å². The van der Waals surface area contributed by atoms with Crippen molar-refractivity contribution >= 4 is 23.2 Å². The van der Waals surface area contributed by atoms with Crippen molar-refractivity contribution < 1.29 is 14.0 Å². The minimum atomic E-state index is -0.422. The highest BCUT2D eigenvalue weighted by Crippen LogP contribution is 2.15. The van der Waals surface area contributed by atoms with Gasteiger partial charge >= 0.3 is 0 Å². The normalized spacial score (nSPS) is 13.5. The molecule has 0 saturated carbocycles. The number of hydrazone groups is 1. The second kappa shape index (κ2) is 7.70. The molecular formula is C19H18FN3O2. The molecule has 0 bridgehead atoms. The number of halogens is 1. The van der Waals surface area contributed by atoms with Crippen molar-refractivity contribution in [1.29, 1.82) is 0 Å². The number of anilines is 1. The van der Waals surface area contributed by atoms with Crippen molar-refractivity contribution in [2.24, 2.45) is 5.10 Å². The molecule has 25 heavy (non-hydrogen) atoms. The fourth-order valence-corrected chi connectivity index (χ4v) is 2.61. The topological polar surface area (TPSA) is 61.8 Å². The number of rotatable bonds is 5. The number of nitrogens with one attached hydrogen (secondary N) is 1. The Hall–Kier alpha value is -3.02. The summed E-state index contributed by atoms with van der Waals surface area (Å²) in [6.45, 7) is 0.522. The van der Waals surface area contributed by atoms with Gasteiger partial charge in [0.25, 0.3) is 0 Å². The maximum atomic E-state index is 13.1. The highest BCUT2D eigenvalue weighted by molar-refractivity contribution is 6.02. The van der Waals surface area contributed by atoms with E-state index in [9.17, 15) is 14.0 Å². The first-order valence-corrected chi connectivity index (χ1v) is 8.10. The molecule has 0 unspecified atom stereocenters. The van der Waals surface area contributed by atoms with E-state index in [0.717, 1.165) is 11.3 Å². The molecule has 5 nitrogen and oxygen atoms in total. The van der Waals surface area contributed by atoms with Crippen LogP contribution in [0.5, 0.6) is 0 Å². The average Bonchev–Trinajstić information content (AvgIpc) is 3.11. The Morgan fingerprint density at radius 2 is 1.88 bits per heavy atom. The summed E-state index contributed by atoms with van der Waals surface area (Å²) in [6.07, 6.45) is 0.792. The summed E-state index contributed by atoms with van der Waals surface area (Å²) in [6, 6.07) is 15.3. The van der Waals surface area contributed by atoms with E-state index in [4.69, 9.17) is 0 Å². The molecular weight excluding hydrogens is 321 g/mol. The summed E-state index contributed by atoms with van der Waals surface area (Å²) in [5.41, 5.74) is 2.25. The second-order valence-corrected chi connectivity index (χ2v) is 5.74. The van der Waals surface area contributed by atoms with Crippen LogP contribution in [0.2, 0.25) is 0 Å². The van der Waals surface area contributed by atoms with E-state index in [2.05, 4.69) is 10.4 Å². The van der Waals surface area contributed by atoms with Crippen LogP contribution in [0.25, 0.3) is 0 Å². The zero-order valence-electron chi connectivity index (χ0n) is 13.6. The minimum Gasteiger partial charge on any atom is -0.326 e. The van der Waals surface area contributed by atoms with Crippen LogP contribution in [0, 0.1) is 5.82 Å². The van der Waals surface area contributed by atoms with Gasteiger partial charge in [0.2, 0.25) is 11.8 Å². The number of hydrogen-bond donors (Lipinski definition) is 1. The first kappa shape index (κ1) is 16.8. The summed E-state index contributed by atoms with van der Waals surface area (Å²) in [4.78, 5) is 24.1. The highest BCUT2D eigenvalue weighted by atomic mass is 19.1. The Morgan fingerprint density at radius 1 is 1.08 bits per heavy atom. The summed E-state index contributed by atoms with van der Waals surface area (Å²) in [5.74, 6) is -0.945. The molecule has 2 aromatic carbocycles. The van der Waals surface area contributed by atoms with Crippen molar-refractivity contribution in [3.8, 4) is 0 Å². The molecule has 1 N–H and O–H groups in total. The minimum absolute atomic E-state index is 0.0298. The van der Waals surface area contributed by atoms with Crippen molar-refractivity contribution in [3.63, 3.8) is 0 Å². The lowest BCUT2D eigenvalue weighted by Gasteiger charge is -2.11. The fourth-order valence-electron chi connectivity index (χ4n) is 2.61. The van der Waals surface area contributed by atoms with E-state index in [-0.39, 0.29) is 24.7 Å². The molecule has 1 aliphatic rings. The third-order valence-corrected chi connectivity index (χ3v) is 3.87. The Morgan fingerprint density at radius 3 is 2.64 bits per heavy atom. The van der Waals surface area contributed by atoms with E-state index in [0.29, 0.717) is 18.7 Å². The maximum absolute atomic E-state index is 13.1. The predicted octanol–water partition coefficient (Wildman–Crippen LogP) is 3.18. The second-order valence-electron chi connectivity index (χ2n) is 5.74. The third kappa shape index (κ3) is 4.50. The zero-order valence-corrected chi connectivity index (χ0v) is 13.6. The number of nitrogens with zero attached hydrogens (tertiary/aromatic N) is 2. The lowest BCUT2D eigenvalue weighted by molar-refractivity contribution is -0.132. The SMILES string of the molecule is O=C(CCC(=O)N1CCC(c2ccccc2)=N1)Nc1cccc(F)c1. The average molecular weight is 339 g/mol.